The SMILES string of the molecule is O=C1Nc2ccc(I)cc2/C1=C/c1cc(I)c(O)c(I)c1. The van der Waals surface area contributed by atoms with Gasteiger partial charge in [-0.25, -0.2) is 0 Å². The van der Waals surface area contributed by atoms with Gasteiger partial charge in [-0.15, -0.1) is 0 Å². The summed E-state index contributed by atoms with van der Waals surface area (Å²) in [5.41, 5.74) is 3.32. The molecule has 0 aliphatic carbocycles. The van der Waals surface area contributed by atoms with Crippen molar-refractivity contribution >= 4 is 91.0 Å². The molecule has 2 N–H and O–H groups in total. The summed E-state index contributed by atoms with van der Waals surface area (Å²) in [7, 11) is 0. The predicted octanol–water partition coefficient (Wildman–Crippen LogP) is 4.70. The van der Waals surface area contributed by atoms with Crippen molar-refractivity contribution in [1.82, 2.24) is 0 Å². The lowest BCUT2D eigenvalue weighted by molar-refractivity contribution is -0.110. The van der Waals surface area contributed by atoms with Gasteiger partial charge in [0, 0.05) is 20.4 Å². The molecule has 0 atom stereocenters. The molecule has 3 nitrogen and oxygen atoms in total. The van der Waals surface area contributed by atoms with Gasteiger partial charge in [0.05, 0.1) is 7.14 Å². The first-order valence-corrected chi connectivity index (χ1v) is 9.20. The van der Waals surface area contributed by atoms with E-state index >= 15 is 0 Å². The molecule has 0 spiro atoms. The molecule has 0 fully saturated rings. The minimum absolute atomic E-state index is 0.0925. The Bertz CT molecular complexity index is 776. The van der Waals surface area contributed by atoms with Crippen LogP contribution in [0.15, 0.2) is 30.3 Å². The van der Waals surface area contributed by atoms with E-state index in [4.69, 9.17) is 0 Å². The zero-order chi connectivity index (χ0) is 15.1. The largest absolute Gasteiger partial charge is 0.506 e. The number of carbonyl (C=O) groups is 1. The van der Waals surface area contributed by atoms with Crippen LogP contribution in [-0.2, 0) is 4.79 Å². The summed E-state index contributed by atoms with van der Waals surface area (Å²) in [4.78, 5) is 12.1. The van der Waals surface area contributed by atoms with Gasteiger partial charge >= 0.3 is 0 Å². The van der Waals surface area contributed by atoms with Crippen molar-refractivity contribution in [2.24, 2.45) is 0 Å². The second-order valence-electron chi connectivity index (χ2n) is 4.54. The molecule has 2 aromatic carbocycles. The topological polar surface area (TPSA) is 49.3 Å². The molecule has 1 aliphatic heterocycles. The van der Waals surface area contributed by atoms with Crippen molar-refractivity contribution in [1.29, 1.82) is 0 Å². The molecule has 0 saturated heterocycles. The number of fused-ring (bicyclic) bond motifs is 1. The first-order valence-electron chi connectivity index (χ1n) is 5.96. The van der Waals surface area contributed by atoms with E-state index < -0.39 is 0 Å². The Morgan fingerprint density at radius 2 is 1.71 bits per heavy atom. The highest BCUT2D eigenvalue weighted by Gasteiger charge is 2.24. The first-order chi connectivity index (χ1) is 9.95. The van der Waals surface area contributed by atoms with Crippen LogP contribution in [0, 0.1) is 10.7 Å². The van der Waals surface area contributed by atoms with E-state index in [2.05, 4.69) is 73.1 Å². The lowest BCUT2D eigenvalue weighted by Gasteiger charge is -2.04. The molecule has 0 unspecified atom stereocenters. The van der Waals surface area contributed by atoms with Crippen LogP contribution in [0.2, 0.25) is 0 Å². The lowest BCUT2D eigenvalue weighted by Crippen LogP contribution is -2.03. The monoisotopic (exact) mass is 615 g/mol. The van der Waals surface area contributed by atoms with Crippen molar-refractivity contribution in [3.05, 3.63) is 52.2 Å². The number of hydrogen-bond acceptors (Lipinski definition) is 2. The average molecular weight is 615 g/mol. The Balaban J connectivity index is 2.13. The van der Waals surface area contributed by atoms with Crippen LogP contribution in [0.3, 0.4) is 0 Å². The van der Waals surface area contributed by atoms with E-state index in [0.29, 0.717) is 5.57 Å². The number of amides is 1. The number of anilines is 1. The number of hydrogen-bond donors (Lipinski definition) is 2. The molecule has 1 aliphatic rings. The molecule has 21 heavy (non-hydrogen) atoms. The molecule has 2 aromatic rings. The van der Waals surface area contributed by atoms with Crippen LogP contribution < -0.4 is 5.32 Å². The third-order valence-corrected chi connectivity index (χ3v) is 5.43. The lowest BCUT2D eigenvalue weighted by atomic mass is 10.0. The average Bonchev–Trinajstić information content (AvgIpc) is 2.72. The number of aromatic hydroxyl groups is 1. The third kappa shape index (κ3) is 3.07. The molecular formula is C15H8I3NO2. The van der Waals surface area contributed by atoms with Crippen molar-refractivity contribution < 1.29 is 9.90 Å². The van der Waals surface area contributed by atoms with Gasteiger partial charge < -0.3 is 10.4 Å². The molecule has 1 amide bonds. The summed E-state index contributed by atoms with van der Waals surface area (Å²) < 4.78 is 2.63. The van der Waals surface area contributed by atoms with Crippen LogP contribution in [0.1, 0.15) is 11.1 Å². The minimum Gasteiger partial charge on any atom is -0.506 e. The highest BCUT2D eigenvalue weighted by Crippen LogP contribution is 2.35. The molecular weight excluding hydrogens is 607 g/mol. The number of rotatable bonds is 1. The smallest absolute Gasteiger partial charge is 0.256 e. The van der Waals surface area contributed by atoms with Crippen LogP contribution in [0.5, 0.6) is 5.75 Å². The van der Waals surface area contributed by atoms with Crippen molar-refractivity contribution in [3.8, 4) is 5.75 Å². The number of nitrogens with one attached hydrogen (secondary N) is 1. The zero-order valence-corrected chi connectivity index (χ0v) is 16.9. The third-order valence-electron chi connectivity index (χ3n) is 3.11. The summed E-state index contributed by atoms with van der Waals surface area (Å²) in [6.07, 6.45) is 1.86. The summed E-state index contributed by atoms with van der Waals surface area (Å²) in [5.74, 6) is 0.189. The molecule has 106 valence electrons. The second-order valence-corrected chi connectivity index (χ2v) is 8.11. The van der Waals surface area contributed by atoms with E-state index in [9.17, 15) is 9.90 Å². The number of halogens is 3. The number of carbonyl (C=O) groups excluding carboxylic acids is 1. The Labute approximate surface area is 162 Å². The molecule has 3 rings (SSSR count). The maximum absolute atomic E-state index is 12.1. The van der Waals surface area contributed by atoms with Crippen molar-refractivity contribution in [2.75, 3.05) is 5.32 Å². The van der Waals surface area contributed by atoms with E-state index in [1.807, 2.05) is 36.4 Å². The quantitative estimate of drug-likeness (QED) is 0.362. The van der Waals surface area contributed by atoms with Gasteiger partial charge in [0.15, 0.2) is 0 Å². The minimum atomic E-state index is -0.0925. The van der Waals surface area contributed by atoms with Gasteiger partial charge in [0.2, 0.25) is 0 Å². The molecule has 0 saturated carbocycles. The number of benzene rings is 2. The van der Waals surface area contributed by atoms with E-state index in [-0.39, 0.29) is 11.7 Å². The summed E-state index contributed by atoms with van der Waals surface area (Å²) >= 11 is 6.41. The molecule has 0 radical (unpaired) electrons. The van der Waals surface area contributed by atoms with E-state index in [1.165, 1.54) is 0 Å². The number of phenols is 1. The fourth-order valence-corrected chi connectivity index (χ4v) is 4.45. The second kappa shape index (κ2) is 6.03. The number of phenolic OH excluding ortho intramolecular Hbond substituents is 1. The van der Waals surface area contributed by atoms with Crippen LogP contribution in [0.25, 0.3) is 11.6 Å². The Morgan fingerprint density at radius 3 is 2.38 bits per heavy atom. The van der Waals surface area contributed by atoms with Crippen LogP contribution in [-0.4, -0.2) is 11.0 Å². The molecule has 0 aromatic heterocycles. The first kappa shape index (κ1) is 15.5. The standard InChI is InChI=1S/C15H8I3NO2/c16-8-1-2-13-9(6-8)10(15(21)19-13)3-7-4-11(17)14(20)12(18)5-7/h1-6,20H,(H,19,21)/b10-3-. The summed E-state index contributed by atoms with van der Waals surface area (Å²) in [5, 5.41) is 12.7. The van der Waals surface area contributed by atoms with Gasteiger partial charge in [-0.2, -0.15) is 0 Å². The van der Waals surface area contributed by atoms with Crippen molar-refractivity contribution in [3.63, 3.8) is 0 Å². The Hall–Kier alpha value is -0.360. The van der Waals surface area contributed by atoms with E-state index in [1.54, 1.807) is 0 Å². The maximum atomic E-state index is 12.1. The van der Waals surface area contributed by atoms with Crippen LogP contribution >= 0.6 is 67.8 Å². The molecule has 6 heteroatoms. The fraction of sp³-hybridized carbons (Fsp3) is 0. The highest BCUT2D eigenvalue weighted by molar-refractivity contribution is 14.1. The predicted molar refractivity (Wildman–Crippen MR) is 109 cm³/mol. The van der Waals surface area contributed by atoms with Crippen molar-refractivity contribution in [2.45, 2.75) is 0 Å². The Kier molecular flexibility index (Phi) is 4.46. The fourth-order valence-electron chi connectivity index (χ4n) is 2.14. The van der Waals surface area contributed by atoms with Crippen LogP contribution in [0.4, 0.5) is 5.69 Å². The summed E-state index contributed by atoms with van der Waals surface area (Å²) in [6, 6.07) is 9.61. The summed E-state index contributed by atoms with van der Waals surface area (Å²) in [6.45, 7) is 0. The van der Waals surface area contributed by atoms with E-state index in [0.717, 1.165) is 27.5 Å². The van der Waals surface area contributed by atoms with Gasteiger partial charge in [-0.3, -0.25) is 4.79 Å². The van der Waals surface area contributed by atoms with Gasteiger partial charge in [-0.05, 0) is 110 Å². The maximum Gasteiger partial charge on any atom is 0.256 e. The highest BCUT2D eigenvalue weighted by atomic mass is 127. The van der Waals surface area contributed by atoms with Gasteiger partial charge in [0.1, 0.15) is 5.75 Å². The zero-order valence-electron chi connectivity index (χ0n) is 10.5. The normalized spacial score (nSPS) is 15.2. The Morgan fingerprint density at radius 1 is 1.05 bits per heavy atom. The molecule has 0 bridgehead atoms. The molecule has 1 heterocycles. The van der Waals surface area contributed by atoms with Gasteiger partial charge in [0.25, 0.3) is 5.91 Å². The van der Waals surface area contributed by atoms with Gasteiger partial charge in [-0.1, -0.05) is 0 Å².